The molecule has 0 spiro atoms. The predicted octanol–water partition coefficient (Wildman–Crippen LogP) is -0.702. The number of nitrogens with zero attached hydrogens (tertiary/aromatic N) is 1. The molecule has 1 aliphatic heterocycles. The highest BCUT2D eigenvalue weighted by molar-refractivity contribution is 5.86. The summed E-state index contributed by atoms with van der Waals surface area (Å²) >= 11 is 0. The van der Waals surface area contributed by atoms with Crippen molar-refractivity contribution in [3.8, 4) is 0 Å². The van der Waals surface area contributed by atoms with Gasteiger partial charge in [-0.05, 0) is 0 Å². The van der Waals surface area contributed by atoms with Crippen LogP contribution in [0.1, 0.15) is 6.42 Å². The molecule has 0 bridgehead atoms. The molecule has 5 nitrogen and oxygen atoms in total. The van der Waals surface area contributed by atoms with Crippen molar-refractivity contribution in [2.24, 2.45) is 0 Å². The van der Waals surface area contributed by atoms with Gasteiger partial charge >= 0.3 is 12.4 Å². The highest BCUT2D eigenvalue weighted by Gasteiger charge is 2.41. The predicted molar refractivity (Wildman–Crippen MR) is 39.8 cm³/mol. The van der Waals surface area contributed by atoms with Crippen molar-refractivity contribution >= 4 is 11.9 Å². The lowest BCUT2D eigenvalue weighted by Gasteiger charge is -2.20. The molecule has 1 amide bonds. The van der Waals surface area contributed by atoms with Gasteiger partial charge in [-0.2, -0.15) is 8.78 Å². The zero-order valence-corrected chi connectivity index (χ0v) is 7.06. The van der Waals surface area contributed by atoms with Gasteiger partial charge in [0, 0.05) is 13.0 Å². The monoisotopic (exact) mass is 209 g/mol. The maximum Gasteiger partial charge on any atom is 0.326 e. The molecule has 1 fully saturated rings. The zero-order valence-electron chi connectivity index (χ0n) is 7.06. The largest absolute Gasteiger partial charge is 0.480 e. The number of likely N-dealkylation sites (tertiary alicyclic amines) is 1. The molecular formula is C7H9F2NO4. The smallest absolute Gasteiger partial charge is 0.326 e. The second-order valence-electron chi connectivity index (χ2n) is 3.03. The molecule has 7 heteroatoms. The van der Waals surface area contributed by atoms with Gasteiger partial charge in [-0.3, -0.25) is 4.79 Å². The fourth-order valence-electron chi connectivity index (χ4n) is 1.42. The number of carbonyl (C=O) groups excluding carboxylic acids is 1. The molecular weight excluding hydrogens is 200 g/mol. The van der Waals surface area contributed by atoms with E-state index in [1.165, 1.54) is 0 Å². The van der Waals surface area contributed by atoms with Crippen LogP contribution < -0.4 is 0 Å². The lowest BCUT2D eigenvalue weighted by molar-refractivity contribution is -0.153. The van der Waals surface area contributed by atoms with Crippen molar-refractivity contribution in [3.05, 3.63) is 0 Å². The Morgan fingerprint density at radius 1 is 1.43 bits per heavy atom. The molecule has 80 valence electrons. The third-order valence-corrected chi connectivity index (χ3v) is 2.03. The molecule has 14 heavy (non-hydrogen) atoms. The van der Waals surface area contributed by atoms with Crippen LogP contribution in [0, 0.1) is 0 Å². The van der Waals surface area contributed by atoms with E-state index in [1.54, 1.807) is 0 Å². The number of carboxylic acid groups (broad SMARTS) is 1. The van der Waals surface area contributed by atoms with Crippen molar-refractivity contribution in [2.45, 2.75) is 25.0 Å². The first-order valence-corrected chi connectivity index (χ1v) is 3.93. The number of alkyl halides is 2. The Hall–Kier alpha value is -1.24. The highest BCUT2D eigenvalue weighted by atomic mass is 19.3. The van der Waals surface area contributed by atoms with Gasteiger partial charge in [0.2, 0.25) is 0 Å². The fraction of sp³-hybridized carbons (Fsp3) is 0.714. The molecule has 0 aromatic rings. The van der Waals surface area contributed by atoms with Crippen molar-refractivity contribution in [1.29, 1.82) is 0 Å². The zero-order chi connectivity index (χ0) is 10.9. The topological polar surface area (TPSA) is 77.8 Å². The highest BCUT2D eigenvalue weighted by Crippen LogP contribution is 2.19. The third kappa shape index (κ3) is 1.98. The number of carbonyl (C=O) groups is 2. The van der Waals surface area contributed by atoms with Crippen LogP contribution in [0.2, 0.25) is 0 Å². The number of aliphatic hydroxyl groups is 1. The normalized spacial score (nSPS) is 27.0. The summed E-state index contributed by atoms with van der Waals surface area (Å²) in [6, 6.07) is -1.34. The Morgan fingerprint density at radius 3 is 2.43 bits per heavy atom. The van der Waals surface area contributed by atoms with E-state index in [4.69, 9.17) is 10.2 Å². The Labute approximate surface area is 77.9 Å². The van der Waals surface area contributed by atoms with Crippen molar-refractivity contribution in [3.63, 3.8) is 0 Å². The second kappa shape index (κ2) is 3.87. The van der Waals surface area contributed by atoms with E-state index >= 15 is 0 Å². The standard InChI is InChI=1S/C7H9F2NO4/c8-5(9)6(12)10-2-3(11)1-4(10)7(13)14/h3-5,11H,1-2H2,(H,13,14)/t3?,4-/m0/s1. The van der Waals surface area contributed by atoms with Crippen LogP contribution in [0.25, 0.3) is 0 Å². The van der Waals surface area contributed by atoms with Crippen LogP contribution in [0.4, 0.5) is 8.78 Å². The quantitative estimate of drug-likeness (QED) is 0.630. The van der Waals surface area contributed by atoms with Gasteiger partial charge in [0.25, 0.3) is 5.91 Å². The number of halogens is 2. The van der Waals surface area contributed by atoms with Gasteiger partial charge in [0.05, 0.1) is 6.10 Å². The van der Waals surface area contributed by atoms with Crippen molar-refractivity contribution < 1.29 is 28.6 Å². The SMILES string of the molecule is O=C(O)[C@@H]1CC(O)CN1C(=O)C(F)F. The molecule has 1 unspecified atom stereocenters. The van der Waals surface area contributed by atoms with E-state index in [-0.39, 0.29) is 13.0 Å². The first-order chi connectivity index (χ1) is 6.43. The summed E-state index contributed by atoms with van der Waals surface area (Å²) in [5.41, 5.74) is 0. The van der Waals surface area contributed by atoms with E-state index in [9.17, 15) is 18.4 Å². The number of rotatable bonds is 2. The molecule has 1 aliphatic rings. The van der Waals surface area contributed by atoms with Crippen molar-refractivity contribution in [1.82, 2.24) is 4.90 Å². The molecule has 2 atom stereocenters. The van der Waals surface area contributed by atoms with Gasteiger partial charge in [-0.15, -0.1) is 0 Å². The Bertz CT molecular complexity index is 258. The molecule has 1 saturated heterocycles. The average Bonchev–Trinajstić information content (AvgIpc) is 2.45. The van der Waals surface area contributed by atoms with Crippen LogP contribution in [0.3, 0.4) is 0 Å². The number of hydrogen-bond donors (Lipinski definition) is 2. The van der Waals surface area contributed by atoms with Crippen LogP contribution in [-0.4, -0.2) is 52.1 Å². The van der Waals surface area contributed by atoms with E-state index in [0.29, 0.717) is 4.90 Å². The first-order valence-electron chi connectivity index (χ1n) is 3.93. The molecule has 0 radical (unpaired) electrons. The van der Waals surface area contributed by atoms with E-state index in [1.807, 2.05) is 0 Å². The second-order valence-corrected chi connectivity index (χ2v) is 3.03. The Balaban J connectivity index is 2.76. The van der Waals surface area contributed by atoms with Crippen LogP contribution in [0.5, 0.6) is 0 Å². The summed E-state index contributed by atoms with van der Waals surface area (Å²) in [5.74, 6) is -2.93. The van der Waals surface area contributed by atoms with E-state index < -0.39 is 30.4 Å². The van der Waals surface area contributed by atoms with Crippen molar-refractivity contribution in [2.75, 3.05) is 6.54 Å². The molecule has 0 aromatic carbocycles. The van der Waals surface area contributed by atoms with Gasteiger partial charge in [0.1, 0.15) is 6.04 Å². The number of amides is 1. The lowest BCUT2D eigenvalue weighted by atomic mass is 10.2. The summed E-state index contributed by atoms with van der Waals surface area (Å²) in [6.07, 6.45) is -4.48. The summed E-state index contributed by atoms with van der Waals surface area (Å²) in [6.45, 7) is -0.347. The summed E-state index contributed by atoms with van der Waals surface area (Å²) in [4.78, 5) is 21.8. The molecule has 0 aliphatic carbocycles. The van der Waals surface area contributed by atoms with E-state index in [0.717, 1.165) is 0 Å². The number of aliphatic hydroxyl groups excluding tert-OH is 1. The average molecular weight is 209 g/mol. The lowest BCUT2D eigenvalue weighted by Crippen LogP contribution is -2.43. The Morgan fingerprint density at radius 2 is 2.00 bits per heavy atom. The van der Waals surface area contributed by atoms with E-state index in [2.05, 4.69) is 0 Å². The molecule has 2 N–H and O–H groups in total. The molecule has 1 heterocycles. The van der Waals surface area contributed by atoms with Gasteiger partial charge in [-0.25, -0.2) is 4.79 Å². The molecule has 1 rings (SSSR count). The fourth-order valence-corrected chi connectivity index (χ4v) is 1.42. The third-order valence-electron chi connectivity index (χ3n) is 2.03. The minimum absolute atomic E-state index is 0.201. The maximum atomic E-state index is 12.0. The summed E-state index contributed by atoms with van der Waals surface area (Å²) in [7, 11) is 0. The van der Waals surface area contributed by atoms with Gasteiger partial charge in [-0.1, -0.05) is 0 Å². The molecule has 0 aromatic heterocycles. The molecule has 0 saturated carbocycles. The number of β-amino-alcohol motifs (C(OH)–C–C–N with tert-alkyl or cyclic N) is 1. The van der Waals surface area contributed by atoms with Crippen LogP contribution in [0.15, 0.2) is 0 Å². The first kappa shape index (κ1) is 10.8. The Kier molecular flexibility index (Phi) is 3.00. The van der Waals surface area contributed by atoms with Crippen LogP contribution >= 0.6 is 0 Å². The van der Waals surface area contributed by atoms with Crippen LogP contribution in [-0.2, 0) is 9.59 Å². The number of aliphatic carboxylic acids is 1. The van der Waals surface area contributed by atoms with Gasteiger partial charge in [0.15, 0.2) is 0 Å². The summed E-state index contributed by atoms with van der Waals surface area (Å²) in [5, 5.41) is 17.6. The number of hydrogen-bond acceptors (Lipinski definition) is 3. The maximum absolute atomic E-state index is 12.0. The number of carboxylic acids is 1. The summed E-state index contributed by atoms with van der Waals surface area (Å²) < 4.78 is 24.0. The van der Waals surface area contributed by atoms with Gasteiger partial charge < -0.3 is 15.1 Å². The minimum atomic E-state index is -3.23. The minimum Gasteiger partial charge on any atom is -0.480 e.